The summed E-state index contributed by atoms with van der Waals surface area (Å²) in [5.41, 5.74) is 1.70. The Bertz CT molecular complexity index is 1120. The second kappa shape index (κ2) is 8.94. The van der Waals surface area contributed by atoms with Crippen molar-refractivity contribution < 1.29 is 9.53 Å². The van der Waals surface area contributed by atoms with Crippen LogP contribution in [0, 0.1) is 0 Å². The van der Waals surface area contributed by atoms with Crippen molar-refractivity contribution in [2.75, 3.05) is 6.61 Å². The van der Waals surface area contributed by atoms with Gasteiger partial charge in [-0.05, 0) is 48.0 Å². The number of cyclic esters (lactones) is 1. The van der Waals surface area contributed by atoms with Crippen molar-refractivity contribution in [2.45, 2.75) is 5.66 Å². The van der Waals surface area contributed by atoms with E-state index >= 15 is 0 Å². The Hall–Kier alpha value is -3.48. The molecule has 3 heteroatoms. The highest BCUT2D eigenvalue weighted by molar-refractivity contribution is 7.96. The molecule has 156 valence electrons. The van der Waals surface area contributed by atoms with Crippen molar-refractivity contribution in [3.8, 4) is 0 Å². The summed E-state index contributed by atoms with van der Waals surface area (Å²) in [4.78, 5) is 13.1. The molecule has 1 heterocycles. The molecule has 0 N–H and O–H groups in total. The summed E-state index contributed by atoms with van der Waals surface area (Å²) in [6.07, 6.45) is 2.02. The molecule has 1 saturated heterocycles. The minimum atomic E-state index is -2.25. The highest BCUT2D eigenvalue weighted by Gasteiger charge is 2.58. The Morgan fingerprint density at radius 1 is 0.625 bits per heavy atom. The monoisotopic (exact) mass is 435 g/mol. The molecule has 1 atom stereocenters. The summed E-state index contributed by atoms with van der Waals surface area (Å²) < 4.78 is 5.74. The van der Waals surface area contributed by atoms with Crippen LogP contribution in [-0.2, 0) is 9.53 Å². The van der Waals surface area contributed by atoms with E-state index in [1.54, 1.807) is 0 Å². The number of esters is 1. The van der Waals surface area contributed by atoms with Crippen LogP contribution in [0.3, 0.4) is 0 Å². The lowest BCUT2D eigenvalue weighted by atomic mass is 10.1. The number of benzene rings is 4. The van der Waals surface area contributed by atoms with Crippen LogP contribution >= 0.6 is 7.26 Å². The van der Waals surface area contributed by atoms with E-state index in [9.17, 15) is 4.79 Å². The van der Waals surface area contributed by atoms with E-state index in [1.165, 1.54) is 15.9 Å². The van der Waals surface area contributed by atoms with Gasteiger partial charge in [-0.25, -0.2) is 4.79 Å². The topological polar surface area (TPSA) is 26.3 Å². The number of carbonyl (C=O) groups excluding carboxylic acids is 1. The molecule has 4 aromatic carbocycles. The molecule has 0 amide bonds. The van der Waals surface area contributed by atoms with Crippen LogP contribution in [0.4, 0.5) is 0 Å². The maximum absolute atomic E-state index is 13.1. The van der Waals surface area contributed by atoms with Crippen LogP contribution in [-0.4, -0.2) is 18.2 Å². The molecule has 0 saturated carbocycles. The van der Waals surface area contributed by atoms with E-state index in [2.05, 4.69) is 72.8 Å². The molecule has 0 aliphatic carbocycles. The molecule has 1 aliphatic rings. The highest BCUT2D eigenvalue weighted by Crippen LogP contribution is 2.63. The molecule has 1 aliphatic heterocycles. The first-order valence-electron chi connectivity index (χ1n) is 10.8. The molecule has 0 aromatic heterocycles. The first kappa shape index (κ1) is 20.4. The van der Waals surface area contributed by atoms with Crippen LogP contribution in [0.15, 0.2) is 127 Å². The first-order chi connectivity index (χ1) is 15.8. The van der Waals surface area contributed by atoms with Gasteiger partial charge in [-0.15, -0.1) is 0 Å². The average Bonchev–Trinajstić information content (AvgIpc) is 3.22. The Labute approximate surface area is 189 Å². The molecule has 0 radical (unpaired) electrons. The van der Waals surface area contributed by atoms with E-state index in [0.717, 1.165) is 11.1 Å². The Kier molecular flexibility index (Phi) is 5.71. The van der Waals surface area contributed by atoms with Crippen molar-refractivity contribution in [1.29, 1.82) is 0 Å². The zero-order chi connectivity index (χ0) is 21.8. The fourth-order valence-electron chi connectivity index (χ4n) is 4.64. The van der Waals surface area contributed by atoms with Gasteiger partial charge in [0.25, 0.3) is 0 Å². The lowest BCUT2D eigenvalue weighted by Crippen LogP contribution is -2.40. The quantitative estimate of drug-likeness (QED) is 0.251. The van der Waals surface area contributed by atoms with Gasteiger partial charge < -0.3 is 4.74 Å². The van der Waals surface area contributed by atoms with Gasteiger partial charge in [0.1, 0.15) is 35.4 Å². The number of hydrogen-bond acceptors (Lipinski definition) is 2. The SMILES string of the molecule is O=C1OCC([P+](c2ccccc2)(c2ccccc2)c2ccccc2)C1=Cc1ccccc1. The number of carbonyl (C=O) groups is 1. The summed E-state index contributed by atoms with van der Waals surface area (Å²) in [7, 11) is -2.25. The molecule has 1 fully saturated rings. The lowest BCUT2D eigenvalue weighted by Gasteiger charge is -2.32. The normalized spacial score (nSPS) is 17.3. The minimum absolute atomic E-state index is 0.0672. The summed E-state index contributed by atoms with van der Waals surface area (Å²) in [6.45, 7) is 0.379. The van der Waals surface area contributed by atoms with Crippen LogP contribution in [0.25, 0.3) is 6.08 Å². The molecule has 0 bridgehead atoms. The number of rotatable bonds is 5. The number of hydrogen-bond donors (Lipinski definition) is 0. The average molecular weight is 435 g/mol. The van der Waals surface area contributed by atoms with Crippen LogP contribution in [0.2, 0.25) is 0 Å². The van der Waals surface area contributed by atoms with Crippen molar-refractivity contribution in [3.05, 3.63) is 132 Å². The third kappa shape index (κ3) is 3.57. The molecule has 1 unspecified atom stereocenters. The molecule has 32 heavy (non-hydrogen) atoms. The number of ether oxygens (including phenoxy) is 1. The maximum Gasteiger partial charge on any atom is 0.338 e. The van der Waals surface area contributed by atoms with Gasteiger partial charge in [0.05, 0.1) is 5.57 Å². The molecular formula is C29H24O2P+. The summed E-state index contributed by atoms with van der Waals surface area (Å²) in [5, 5.41) is 3.75. The smallest absolute Gasteiger partial charge is 0.338 e. The molecule has 4 aromatic rings. The van der Waals surface area contributed by atoms with Crippen molar-refractivity contribution in [1.82, 2.24) is 0 Å². The van der Waals surface area contributed by atoms with Crippen molar-refractivity contribution in [2.24, 2.45) is 0 Å². The predicted octanol–water partition coefficient (Wildman–Crippen LogP) is 4.99. The van der Waals surface area contributed by atoms with Crippen molar-refractivity contribution >= 4 is 35.2 Å². The third-order valence-corrected chi connectivity index (χ3v) is 10.7. The van der Waals surface area contributed by atoms with Crippen molar-refractivity contribution in [3.63, 3.8) is 0 Å². The minimum Gasteiger partial charge on any atom is -0.458 e. The van der Waals surface area contributed by atoms with Gasteiger partial charge >= 0.3 is 5.97 Å². The first-order valence-corrected chi connectivity index (χ1v) is 12.7. The fourth-order valence-corrected chi connectivity index (χ4v) is 9.44. The van der Waals surface area contributed by atoms with Gasteiger partial charge in [0.15, 0.2) is 0 Å². The summed E-state index contributed by atoms with van der Waals surface area (Å²) in [5.74, 6) is -0.217. The van der Waals surface area contributed by atoms with Gasteiger partial charge in [-0.3, -0.25) is 0 Å². The summed E-state index contributed by atoms with van der Waals surface area (Å²) in [6, 6.07) is 42.0. The van der Waals surface area contributed by atoms with Crippen LogP contribution < -0.4 is 15.9 Å². The zero-order valence-electron chi connectivity index (χ0n) is 17.7. The van der Waals surface area contributed by atoms with Crippen LogP contribution in [0.1, 0.15) is 5.56 Å². The van der Waals surface area contributed by atoms with E-state index in [4.69, 9.17) is 4.74 Å². The molecule has 2 nitrogen and oxygen atoms in total. The van der Waals surface area contributed by atoms with Gasteiger partial charge in [0, 0.05) is 0 Å². The van der Waals surface area contributed by atoms with E-state index in [-0.39, 0.29) is 11.6 Å². The third-order valence-electron chi connectivity index (χ3n) is 6.05. The highest BCUT2D eigenvalue weighted by atomic mass is 31.2. The lowest BCUT2D eigenvalue weighted by molar-refractivity contribution is -0.134. The molecule has 0 spiro atoms. The Balaban J connectivity index is 1.82. The fraction of sp³-hybridized carbons (Fsp3) is 0.0690. The molecular weight excluding hydrogens is 411 g/mol. The van der Waals surface area contributed by atoms with Gasteiger partial charge in [0.2, 0.25) is 0 Å². The Morgan fingerprint density at radius 3 is 1.47 bits per heavy atom. The predicted molar refractivity (Wildman–Crippen MR) is 134 cm³/mol. The van der Waals surface area contributed by atoms with Gasteiger partial charge in [-0.1, -0.05) is 84.9 Å². The van der Waals surface area contributed by atoms with Crippen LogP contribution in [0.5, 0.6) is 0 Å². The van der Waals surface area contributed by atoms with E-state index in [0.29, 0.717) is 6.61 Å². The zero-order valence-corrected chi connectivity index (χ0v) is 18.6. The van der Waals surface area contributed by atoms with Gasteiger partial charge in [-0.2, -0.15) is 0 Å². The maximum atomic E-state index is 13.1. The molecule has 5 rings (SSSR count). The largest absolute Gasteiger partial charge is 0.458 e. The summed E-state index contributed by atoms with van der Waals surface area (Å²) >= 11 is 0. The second-order valence-corrected chi connectivity index (χ2v) is 11.5. The Morgan fingerprint density at radius 2 is 1.03 bits per heavy atom. The van der Waals surface area contributed by atoms with E-state index in [1.807, 2.05) is 54.6 Å². The standard InChI is InChI=1S/C29H24O2P/c30-29-27(21-23-13-5-1-6-14-23)28(22-31-29)32(24-15-7-2-8-16-24,25-17-9-3-10-18-25)26-19-11-4-12-20-26/h1-21,28H,22H2/q+1. The van der Waals surface area contributed by atoms with E-state index < -0.39 is 7.26 Å². The second-order valence-electron chi connectivity index (χ2n) is 7.85.